The Morgan fingerprint density at radius 2 is 2.00 bits per heavy atom. The molecule has 0 radical (unpaired) electrons. The summed E-state index contributed by atoms with van der Waals surface area (Å²) >= 11 is 1.58. The normalized spacial score (nSPS) is 12.6. The van der Waals surface area contributed by atoms with Crippen LogP contribution in [-0.4, -0.2) is 17.7 Å². The van der Waals surface area contributed by atoms with Gasteiger partial charge in [0.1, 0.15) is 5.75 Å². The predicted octanol–water partition coefficient (Wildman–Crippen LogP) is 5.10. The van der Waals surface area contributed by atoms with Crippen molar-refractivity contribution in [1.29, 1.82) is 5.26 Å². The van der Waals surface area contributed by atoms with Crippen molar-refractivity contribution in [3.05, 3.63) is 71.1 Å². The molecule has 6 heteroatoms. The molecule has 0 aliphatic rings. The lowest BCUT2D eigenvalue weighted by Crippen LogP contribution is -2.40. The van der Waals surface area contributed by atoms with Gasteiger partial charge in [-0.05, 0) is 78.9 Å². The average molecular weight is 392 g/mol. The first-order chi connectivity index (χ1) is 13.5. The Kier molecular flexibility index (Phi) is 5.67. The fourth-order valence-corrected chi connectivity index (χ4v) is 3.60. The summed E-state index contributed by atoms with van der Waals surface area (Å²) < 4.78 is 5.69. The number of carbonyl (C=O) groups is 1. The smallest absolute Gasteiger partial charge is 0.333 e. The highest BCUT2D eigenvalue weighted by Gasteiger charge is 2.36. The summed E-state index contributed by atoms with van der Waals surface area (Å²) in [7, 11) is 0. The number of aliphatic carboxylic acids is 1. The van der Waals surface area contributed by atoms with Crippen LogP contribution < -0.4 is 10.1 Å². The second kappa shape index (κ2) is 8.15. The van der Waals surface area contributed by atoms with Crippen molar-refractivity contribution in [2.75, 3.05) is 11.9 Å². The molecule has 0 saturated carbocycles. The fraction of sp³-hybridized carbons (Fsp3) is 0.182. The molecule has 0 amide bonds. The van der Waals surface area contributed by atoms with Crippen molar-refractivity contribution in [1.82, 2.24) is 0 Å². The van der Waals surface area contributed by atoms with E-state index in [4.69, 9.17) is 10.00 Å². The molecule has 1 atom stereocenters. The molecule has 3 rings (SSSR count). The number of anilines is 1. The molecule has 0 spiro atoms. The molecule has 0 fully saturated rings. The summed E-state index contributed by atoms with van der Waals surface area (Å²) in [5.41, 5.74) is 1.24. The summed E-state index contributed by atoms with van der Waals surface area (Å²) in [6.45, 7) is 4.00. The van der Waals surface area contributed by atoms with Crippen LogP contribution in [0.4, 0.5) is 5.69 Å². The van der Waals surface area contributed by atoms with Crippen molar-refractivity contribution in [3.63, 3.8) is 0 Å². The van der Waals surface area contributed by atoms with Gasteiger partial charge in [0.2, 0.25) is 0 Å². The van der Waals surface area contributed by atoms with Crippen LogP contribution in [0.2, 0.25) is 0 Å². The van der Waals surface area contributed by atoms with Gasteiger partial charge in [-0.1, -0.05) is 6.07 Å². The Labute approximate surface area is 167 Å². The minimum atomic E-state index is -1.38. The zero-order valence-corrected chi connectivity index (χ0v) is 16.4. The second-order valence-corrected chi connectivity index (χ2v) is 7.35. The van der Waals surface area contributed by atoms with Crippen LogP contribution in [0.5, 0.6) is 5.75 Å². The quantitative estimate of drug-likeness (QED) is 0.585. The number of ether oxygens (including phenoxy) is 1. The molecular formula is C22H20N2O3S. The number of nitrogens with one attached hydrogen (secondary N) is 1. The molecule has 2 aromatic carbocycles. The predicted molar refractivity (Wildman–Crippen MR) is 111 cm³/mol. The third-order valence-electron chi connectivity index (χ3n) is 4.44. The van der Waals surface area contributed by atoms with Crippen molar-refractivity contribution >= 4 is 23.0 Å². The largest absolute Gasteiger partial charge is 0.494 e. The van der Waals surface area contributed by atoms with Gasteiger partial charge in [-0.2, -0.15) is 5.26 Å². The first-order valence-electron chi connectivity index (χ1n) is 8.80. The maximum absolute atomic E-state index is 12.3. The summed E-state index contributed by atoms with van der Waals surface area (Å²) in [6.07, 6.45) is 0. The third-order valence-corrected chi connectivity index (χ3v) is 5.36. The van der Waals surface area contributed by atoms with E-state index in [9.17, 15) is 9.90 Å². The lowest BCUT2D eigenvalue weighted by atomic mass is 9.89. The van der Waals surface area contributed by atoms with E-state index < -0.39 is 11.5 Å². The molecule has 28 heavy (non-hydrogen) atoms. The van der Waals surface area contributed by atoms with Gasteiger partial charge in [0.25, 0.3) is 0 Å². The fourth-order valence-electron chi connectivity index (χ4n) is 2.89. The summed E-state index contributed by atoms with van der Waals surface area (Å²) in [5.74, 6) is -0.389. The Bertz CT molecular complexity index is 1010. The number of benzene rings is 2. The maximum Gasteiger partial charge on any atom is 0.333 e. The highest BCUT2D eigenvalue weighted by atomic mass is 32.1. The van der Waals surface area contributed by atoms with E-state index >= 15 is 0 Å². The molecule has 1 unspecified atom stereocenters. The topological polar surface area (TPSA) is 82.3 Å². The molecule has 0 bridgehead atoms. The lowest BCUT2D eigenvalue weighted by Gasteiger charge is -2.29. The van der Waals surface area contributed by atoms with Crippen molar-refractivity contribution < 1.29 is 14.6 Å². The zero-order valence-electron chi connectivity index (χ0n) is 15.6. The first-order valence-corrected chi connectivity index (χ1v) is 9.68. The number of thiophene rings is 1. The Balaban J connectivity index is 2.07. The summed E-state index contributed by atoms with van der Waals surface area (Å²) in [6, 6.07) is 18.3. The maximum atomic E-state index is 12.3. The molecular weight excluding hydrogens is 372 g/mol. The SMILES string of the molecule is CCOc1cc(-c2cccs2)cc(C(C)(Nc2ccc(C#N)cc2)C(=O)O)c1. The summed E-state index contributed by atoms with van der Waals surface area (Å²) in [4.78, 5) is 13.3. The first kappa shape index (κ1) is 19.5. The van der Waals surface area contributed by atoms with Gasteiger partial charge >= 0.3 is 5.97 Å². The molecule has 0 aliphatic heterocycles. The van der Waals surface area contributed by atoms with Gasteiger partial charge in [0, 0.05) is 10.6 Å². The van der Waals surface area contributed by atoms with E-state index in [1.165, 1.54) is 0 Å². The third kappa shape index (κ3) is 4.00. The average Bonchev–Trinajstić information content (AvgIpc) is 3.23. The minimum Gasteiger partial charge on any atom is -0.494 e. The van der Waals surface area contributed by atoms with Crippen LogP contribution in [0, 0.1) is 11.3 Å². The molecule has 0 saturated heterocycles. The van der Waals surface area contributed by atoms with Crippen LogP contribution in [-0.2, 0) is 10.3 Å². The second-order valence-electron chi connectivity index (χ2n) is 6.40. The summed E-state index contributed by atoms with van der Waals surface area (Å²) in [5, 5.41) is 24.1. The van der Waals surface area contributed by atoms with Crippen LogP contribution in [0.15, 0.2) is 60.0 Å². The van der Waals surface area contributed by atoms with Gasteiger partial charge < -0.3 is 15.2 Å². The van der Waals surface area contributed by atoms with Crippen LogP contribution in [0.1, 0.15) is 25.0 Å². The van der Waals surface area contributed by atoms with Crippen molar-refractivity contribution in [2.45, 2.75) is 19.4 Å². The number of nitriles is 1. The molecule has 3 aromatic rings. The number of hydrogen-bond acceptors (Lipinski definition) is 5. The van der Waals surface area contributed by atoms with Gasteiger partial charge in [0.15, 0.2) is 5.54 Å². The van der Waals surface area contributed by atoms with E-state index in [0.29, 0.717) is 29.2 Å². The molecule has 5 nitrogen and oxygen atoms in total. The van der Waals surface area contributed by atoms with Crippen LogP contribution in [0.3, 0.4) is 0 Å². The Morgan fingerprint density at radius 3 is 2.57 bits per heavy atom. The van der Waals surface area contributed by atoms with E-state index in [-0.39, 0.29) is 0 Å². The number of carboxylic acids is 1. The molecule has 0 aliphatic carbocycles. The van der Waals surface area contributed by atoms with E-state index in [2.05, 4.69) is 11.4 Å². The van der Waals surface area contributed by atoms with Gasteiger partial charge in [0.05, 0.1) is 18.2 Å². The Morgan fingerprint density at radius 1 is 1.25 bits per heavy atom. The highest BCUT2D eigenvalue weighted by molar-refractivity contribution is 7.13. The van der Waals surface area contributed by atoms with Crippen molar-refractivity contribution in [2.24, 2.45) is 0 Å². The number of nitrogens with zero attached hydrogens (tertiary/aromatic N) is 1. The van der Waals surface area contributed by atoms with Gasteiger partial charge in [-0.25, -0.2) is 4.79 Å². The van der Waals surface area contributed by atoms with Crippen molar-refractivity contribution in [3.8, 4) is 22.3 Å². The molecule has 1 aromatic heterocycles. The monoisotopic (exact) mass is 392 g/mol. The zero-order chi connectivity index (χ0) is 20.1. The molecule has 1 heterocycles. The van der Waals surface area contributed by atoms with E-state index in [1.54, 1.807) is 48.6 Å². The minimum absolute atomic E-state index is 0.486. The molecule has 2 N–H and O–H groups in total. The Hall–Kier alpha value is -3.30. The lowest BCUT2D eigenvalue weighted by molar-refractivity contribution is -0.142. The van der Waals surface area contributed by atoms with Gasteiger partial charge in [-0.3, -0.25) is 0 Å². The standard InChI is InChI=1S/C22H20N2O3S/c1-3-27-19-12-16(20-5-4-10-28-20)11-17(13-19)22(2,21(25)26)24-18-8-6-15(14-23)7-9-18/h4-13,24H,3H2,1-2H3,(H,25,26). The number of rotatable bonds is 7. The van der Waals surface area contributed by atoms with E-state index in [1.807, 2.05) is 36.6 Å². The van der Waals surface area contributed by atoms with E-state index in [0.717, 1.165) is 10.4 Å². The van der Waals surface area contributed by atoms with Crippen LogP contribution in [0.25, 0.3) is 10.4 Å². The molecule has 142 valence electrons. The number of carboxylic acid groups (broad SMARTS) is 1. The van der Waals surface area contributed by atoms with Crippen LogP contribution >= 0.6 is 11.3 Å². The highest BCUT2D eigenvalue weighted by Crippen LogP contribution is 2.35. The number of hydrogen-bond donors (Lipinski definition) is 2. The van der Waals surface area contributed by atoms with Gasteiger partial charge in [-0.15, -0.1) is 11.3 Å².